The van der Waals surface area contributed by atoms with Crippen LogP contribution in [-0.2, 0) is 0 Å². The molecule has 2 rings (SSSR count). The Bertz CT molecular complexity index is 441. The topological polar surface area (TPSA) is 12.0 Å². The summed E-state index contributed by atoms with van der Waals surface area (Å²) in [7, 11) is 0. The van der Waals surface area contributed by atoms with Gasteiger partial charge >= 0.3 is 0 Å². The lowest BCUT2D eigenvalue weighted by Gasteiger charge is -2.35. The third-order valence-electron chi connectivity index (χ3n) is 4.87. The standard InChI is InChI=1S/C18H27BrFN/c1-3-12-21-18(14-10-8-13(4-2)9-11-14)15-6-5-7-16(20)17(15)19/h5-7,13-14,18,21H,3-4,8-12H2,1-2H3. The van der Waals surface area contributed by atoms with E-state index < -0.39 is 0 Å². The van der Waals surface area contributed by atoms with Crippen LogP contribution in [0.5, 0.6) is 0 Å². The highest BCUT2D eigenvalue weighted by Crippen LogP contribution is 2.40. The van der Waals surface area contributed by atoms with Crippen molar-refractivity contribution in [2.45, 2.75) is 58.4 Å². The lowest BCUT2D eigenvalue weighted by molar-refractivity contribution is 0.218. The second-order valence-corrected chi connectivity index (χ2v) is 7.06. The van der Waals surface area contributed by atoms with Crippen LogP contribution in [0.25, 0.3) is 0 Å². The van der Waals surface area contributed by atoms with E-state index in [-0.39, 0.29) is 11.9 Å². The number of hydrogen-bond acceptors (Lipinski definition) is 1. The van der Waals surface area contributed by atoms with Gasteiger partial charge in [0.15, 0.2) is 0 Å². The van der Waals surface area contributed by atoms with Crippen molar-refractivity contribution in [1.29, 1.82) is 0 Å². The van der Waals surface area contributed by atoms with Gasteiger partial charge in [-0.05, 0) is 65.2 Å². The molecule has 1 saturated carbocycles. The number of nitrogens with one attached hydrogen (secondary N) is 1. The molecule has 1 unspecified atom stereocenters. The minimum Gasteiger partial charge on any atom is -0.310 e. The largest absolute Gasteiger partial charge is 0.310 e. The molecule has 21 heavy (non-hydrogen) atoms. The molecule has 1 aromatic carbocycles. The first-order chi connectivity index (χ1) is 10.2. The summed E-state index contributed by atoms with van der Waals surface area (Å²) < 4.78 is 14.5. The quantitative estimate of drug-likeness (QED) is 0.675. The van der Waals surface area contributed by atoms with E-state index in [0.717, 1.165) is 24.4 Å². The summed E-state index contributed by atoms with van der Waals surface area (Å²) in [6, 6.07) is 5.69. The molecule has 1 N–H and O–H groups in total. The van der Waals surface area contributed by atoms with Crippen molar-refractivity contribution in [3.05, 3.63) is 34.1 Å². The van der Waals surface area contributed by atoms with Gasteiger partial charge in [0.2, 0.25) is 0 Å². The summed E-state index contributed by atoms with van der Waals surface area (Å²) in [5.41, 5.74) is 1.09. The van der Waals surface area contributed by atoms with Crippen molar-refractivity contribution in [2.75, 3.05) is 6.54 Å². The zero-order valence-corrected chi connectivity index (χ0v) is 14.8. The Morgan fingerprint density at radius 2 is 1.95 bits per heavy atom. The Labute approximate surface area is 136 Å². The van der Waals surface area contributed by atoms with Gasteiger partial charge in [-0.3, -0.25) is 0 Å². The number of benzene rings is 1. The van der Waals surface area contributed by atoms with Crippen molar-refractivity contribution in [3.8, 4) is 0 Å². The third-order valence-corrected chi connectivity index (χ3v) is 5.71. The van der Waals surface area contributed by atoms with E-state index in [0.29, 0.717) is 10.4 Å². The predicted molar refractivity (Wildman–Crippen MR) is 90.9 cm³/mol. The van der Waals surface area contributed by atoms with Crippen molar-refractivity contribution in [1.82, 2.24) is 5.32 Å². The normalized spacial score (nSPS) is 24.0. The molecule has 1 aliphatic carbocycles. The molecule has 118 valence electrons. The fraction of sp³-hybridized carbons (Fsp3) is 0.667. The molecule has 1 atom stereocenters. The van der Waals surface area contributed by atoms with Crippen LogP contribution in [-0.4, -0.2) is 6.54 Å². The molecule has 0 saturated heterocycles. The molecule has 1 aromatic rings. The average molecular weight is 356 g/mol. The zero-order valence-electron chi connectivity index (χ0n) is 13.2. The van der Waals surface area contributed by atoms with E-state index in [4.69, 9.17) is 0 Å². The summed E-state index contributed by atoms with van der Waals surface area (Å²) >= 11 is 3.45. The Morgan fingerprint density at radius 1 is 1.24 bits per heavy atom. The van der Waals surface area contributed by atoms with Crippen LogP contribution in [0.1, 0.15) is 64.0 Å². The first-order valence-electron chi connectivity index (χ1n) is 8.34. The molecule has 0 radical (unpaired) electrons. The van der Waals surface area contributed by atoms with Crippen molar-refractivity contribution in [2.24, 2.45) is 11.8 Å². The Balaban J connectivity index is 2.16. The van der Waals surface area contributed by atoms with Gasteiger partial charge < -0.3 is 5.32 Å². The molecule has 3 heteroatoms. The SMILES string of the molecule is CCCNC(c1cccc(F)c1Br)C1CCC(CC)CC1. The van der Waals surface area contributed by atoms with E-state index >= 15 is 0 Å². The smallest absolute Gasteiger partial charge is 0.137 e. The van der Waals surface area contributed by atoms with E-state index in [9.17, 15) is 4.39 Å². The van der Waals surface area contributed by atoms with E-state index in [2.05, 4.69) is 41.2 Å². The summed E-state index contributed by atoms with van der Waals surface area (Å²) in [5, 5.41) is 3.66. The van der Waals surface area contributed by atoms with Gasteiger partial charge in [-0.15, -0.1) is 0 Å². The van der Waals surface area contributed by atoms with Crippen LogP contribution >= 0.6 is 15.9 Å². The fourth-order valence-electron chi connectivity index (χ4n) is 3.52. The number of halogens is 2. The monoisotopic (exact) mass is 355 g/mol. The van der Waals surface area contributed by atoms with Crippen LogP contribution in [0, 0.1) is 17.7 Å². The van der Waals surface area contributed by atoms with Crippen LogP contribution in [0.15, 0.2) is 22.7 Å². The lowest BCUT2D eigenvalue weighted by atomic mass is 9.76. The number of hydrogen-bond donors (Lipinski definition) is 1. The molecule has 1 nitrogen and oxygen atoms in total. The van der Waals surface area contributed by atoms with Crippen molar-refractivity contribution < 1.29 is 4.39 Å². The lowest BCUT2D eigenvalue weighted by Crippen LogP contribution is -2.32. The first kappa shape index (κ1) is 17.0. The van der Waals surface area contributed by atoms with Gasteiger partial charge in [0.05, 0.1) is 4.47 Å². The van der Waals surface area contributed by atoms with Crippen molar-refractivity contribution in [3.63, 3.8) is 0 Å². The van der Waals surface area contributed by atoms with Gasteiger partial charge in [0.25, 0.3) is 0 Å². The average Bonchev–Trinajstić information content (AvgIpc) is 2.52. The minimum absolute atomic E-state index is 0.155. The summed E-state index contributed by atoms with van der Waals surface area (Å²) in [5.74, 6) is 1.36. The second-order valence-electron chi connectivity index (χ2n) is 6.26. The van der Waals surface area contributed by atoms with Crippen LogP contribution in [0.4, 0.5) is 4.39 Å². The minimum atomic E-state index is -0.155. The highest BCUT2D eigenvalue weighted by molar-refractivity contribution is 9.10. The summed E-state index contributed by atoms with van der Waals surface area (Å²) in [4.78, 5) is 0. The highest BCUT2D eigenvalue weighted by atomic mass is 79.9. The molecule has 0 aliphatic heterocycles. The molecule has 0 spiro atoms. The molecular weight excluding hydrogens is 329 g/mol. The molecule has 0 aromatic heterocycles. The fourth-order valence-corrected chi connectivity index (χ4v) is 4.03. The van der Waals surface area contributed by atoms with Gasteiger partial charge in [-0.2, -0.15) is 0 Å². The van der Waals surface area contributed by atoms with Gasteiger partial charge in [0, 0.05) is 6.04 Å². The molecule has 1 aliphatic rings. The van der Waals surface area contributed by atoms with E-state index in [1.54, 1.807) is 0 Å². The molecule has 0 bridgehead atoms. The molecule has 0 heterocycles. The maximum absolute atomic E-state index is 13.9. The van der Waals surface area contributed by atoms with Crippen molar-refractivity contribution >= 4 is 15.9 Å². The molecule has 1 fully saturated rings. The van der Waals surface area contributed by atoms with Crippen LogP contribution < -0.4 is 5.32 Å². The molecular formula is C18H27BrFN. The summed E-state index contributed by atoms with van der Waals surface area (Å²) in [6.45, 7) is 5.46. The number of rotatable bonds is 6. The predicted octanol–water partition coefficient (Wildman–Crippen LogP) is 5.85. The summed E-state index contributed by atoms with van der Waals surface area (Å²) in [6.07, 6.45) is 7.54. The maximum atomic E-state index is 13.9. The van der Waals surface area contributed by atoms with E-state index in [1.165, 1.54) is 38.2 Å². The van der Waals surface area contributed by atoms with Crippen LogP contribution in [0.2, 0.25) is 0 Å². The highest BCUT2D eigenvalue weighted by Gasteiger charge is 2.29. The molecule has 0 amide bonds. The zero-order chi connectivity index (χ0) is 15.2. The maximum Gasteiger partial charge on any atom is 0.137 e. The van der Waals surface area contributed by atoms with Gasteiger partial charge in [-0.1, -0.05) is 45.2 Å². The Hall–Kier alpha value is -0.410. The van der Waals surface area contributed by atoms with E-state index in [1.807, 2.05) is 6.07 Å². The first-order valence-corrected chi connectivity index (χ1v) is 9.13. The Morgan fingerprint density at radius 3 is 2.57 bits per heavy atom. The van der Waals surface area contributed by atoms with Gasteiger partial charge in [-0.25, -0.2) is 4.39 Å². The Kier molecular flexibility index (Phi) is 6.69. The van der Waals surface area contributed by atoms with Crippen LogP contribution in [0.3, 0.4) is 0 Å². The third kappa shape index (κ3) is 4.29. The second kappa shape index (κ2) is 8.28. The van der Waals surface area contributed by atoms with Gasteiger partial charge in [0.1, 0.15) is 5.82 Å².